The molecule has 0 saturated carbocycles. The quantitative estimate of drug-likeness (QED) is 0.798. The third kappa shape index (κ3) is 7.03. The highest BCUT2D eigenvalue weighted by molar-refractivity contribution is 6.30. The summed E-state index contributed by atoms with van der Waals surface area (Å²) in [6.07, 6.45) is 0. The average Bonchev–Trinajstić information content (AvgIpc) is 2.30. The van der Waals surface area contributed by atoms with Crippen molar-refractivity contribution in [1.82, 2.24) is 4.90 Å². The number of rotatable bonds is 8. The van der Waals surface area contributed by atoms with E-state index in [1.54, 1.807) is 24.3 Å². The Morgan fingerprint density at radius 1 is 1.37 bits per heavy atom. The molecule has 19 heavy (non-hydrogen) atoms. The van der Waals surface area contributed by atoms with Crippen LogP contribution in [-0.4, -0.2) is 42.2 Å². The first-order valence-electron chi connectivity index (χ1n) is 6.30. The van der Waals surface area contributed by atoms with Crippen molar-refractivity contribution in [3.63, 3.8) is 0 Å². The number of halogens is 1. The Morgan fingerprint density at radius 2 is 2.00 bits per heavy atom. The van der Waals surface area contributed by atoms with Crippen molar-refractivity contribution >= 4 is 17.6 Å². The topological polar surface area (TPSA) is 49.8 Å². The minimum atomic E-state index is -0.813. The second-order valence-electron chi connectivity index (χ2n) is 4.83. The van der Waals surface area contributed by atoms with Crippen molar-refractivity contribution in [1.29, 1.82) is 0 Å². The molecule has 5 heteroatoms. The average molecular weight is 286 g/mol. The SMILES string of the molecule is CC(C)CN(CCOc1ccc(Cl)cc1)CC(=O)O. The zero-order valence-corrected chi connectivity index (χ0v) is 12.1. The minimum Gasteiger partial charge on any atom is -0.492 e. The smallest absolute Gasteiger partial charge is 0.317 e. The number of nitrogens with zero attached hydrogens (tertiary/aromatic N) is 1. The molecule has 0 aliphatic carbocycles. The number of aliphatic carboxylic acids is 1. The number of ether oxygens (including phenoxy) is 1. The molecule has 0 unspecified atom stereocenters. The van der Waals surface area contributed by atoms with Crippen molar-refractivity contribution in [2.75, 3.05) is 26.2 Å². The highest BCUT2D eigenvalue weighted by Gasteiger charge is 2.11. The van der Waals surface area contributed by atoms with E-state index in [9.17, 15) is 4.79 Å². The summed E-state index contributed by atoms with van der Waals surface area (Å²) in [5, 5.41) is 9.51. The van der Waals surface area contributed by atoms with E-state index in [0.717, 1.165) is 12.3 Å². The Morgan fingerprint density at radius 3 is 2.53 bits per heavy atom. The lowest BCUT2D eigenvalue weighted by Gasteiger charge is -2.22. The molecule has 4 nitrogen and oxygen atoms in total. The Kier molecular flexibility index (Phi) is 6.67. The van der Waals surface area contributed by atoms with E-state index >= 15 is 0 Å². The molecule has 0 amide bonds. The van der Waals surface area contributed by atoms with Gasteiger partial charge in [0.25, 0.3) is 0 Å². The van der Waals surface area contributed by atoms with Crippen LogP contribution in [0.5, 0.6) is 5.75 Å². The maximum absolute atomic E-state index is 10.8. The van der Waals surface area contributed by atoms with Gasteiger partial charge in [-0.2, -0.15) is 0 Å². The zero-order chi connectivity index (χ0) is 14.3. The van der Waals surface area contributed by atoms with Gasteiger partial charge >= 0.3 is 5.97 Å². The number of benzene rings is 1. The molecular formula is C14H20ClNO3. The second kappa shape index (κ2) is 8.02. The molecule has 0 aliphatic heterocycles. The van der Waals surface area contributed by atoms with E-state index in [2.05, 4.69) is 13.8 Å². The van der Waals surface area contributed by atoms with Crippen molar-refractivity contribution in [3.05, 3.63) is 29.3 Å². The summed E-state index contributed by atoms with van der Waals surface area (Å²) in [6, 6.07) is 7.12. The monoisotopic (exact) mass is 285 g/mol. The second-order valence-corrected chi connectivity index (χ2v) is 5.26. The van der Waals surface area contributed by atoms with Gasteiger partial charge in [-0.25, -0.2) is 0 Å². The van der Waals surface area contributed by atoms with Gasteiger partial charge in [0.2, 0.25) is 0 Å². The van der Waals surface area contributed by atoms with Crippen LogP contribution in [0.3, 0.4) is 0 Å². The van der Waals surface area contributed by atoms with Crippen molar-refractivity contribution in [2.24, 2.45) is 5.92 Å². The molecule has 0 atom stereocenters. The number of carbonyl (C=O) groups is 1. The van der Waals surface area contributed by atoms with Crippen molar-refractivity contribution in [2.45, 2.75) is 13.8 Å². The lowest BCUT2D eigenvalue weighted by atomic mass is 10.2. The van der Waals surface area contributed by atoms with Gasteiger partial charge in [0.1, 0.15) is 12.4 Å². The van der Waals surface area contributed by atoms with Gasteiger partial charge in [-0.1, -0.05) is 25.4 Å². The van der Waals surface area contributed by atoms with Crippen molar-refractivity contribution in [3.8, 4) is 5.75 Å². The molecule has 0 aromatic heterocycles. The molecule has 0 spiro atoms. The van der Waals surface area contributed by atoms with Gasteiger partial charge in [-0.3, -0.25) is 9.69 Å². The highest BCUT2D eigenvalue weighted by atomic mass is 35.5. The van der Waals surface area contributed by atoms with Crippen LogP contribution in [0.2, 0.25) is 5.02 Å². The van der Waals surface area contributed by atoms with Crippen LogP contribution in [0.15, 0.2) is 24.3 Å². The summed E-state index contributed by atoms with van der Waals surface area (Å²) in [7, 11) is 0. The molecule has 0 bridgehead atoms. The normalized spacial score (nSPS) is 11.0. The summed E-state index contributed by atoms with van der Waals surface area (Å²) in [6.45, 7) is 5.97. The van der Waals surface area contributed by atoms with Crippen LogP contribution in [0.1, 0.15) is 13.8 Å². The molecule has 106 valence electrons. The fourth-order valence-electron chi connectivity index (χ4n) is 1.77. The van der Waals surface area contributed by atoms with Crippen LogP contribution in [0.4, 0.5) is 0 Å². The maximum Gasteiger partial charge on any atom is 0.317 e. The molecule has 0 radical (unpaired) electrons. The standard InChI is InChI=1S/C14H20ClNO3/c1-11(2)9-16(10-14(17)18)7-8-19-13-5-3-12(15)4-6-13/h3-6,11H,7-10H2,1-2H3,(H,17,18). The van der Waals surface area contributed by atoms with Crippen LogP contribution in [0, 0.1) is 5.92 Å². The van der Waals surface area contributed by atoms with Gasteiger partial charge in [0.15, 0.2) is 0 Å². The molecule has 0 fully saturated rings. The number of carboxylic acids is 1. The van der Waals surface area contributed by atoms with E-state index in [1.807, 2.05) is 4.90 Å². The lowest BCUT2D eigenvalue weighted by Crippen LogP contribution is -2.36. The van der Waals surface area contributed by atoms with Crippen LogP contribution >= 0.6 is 11.6 Å². The van der Waals surface area contributed by atoms with E-state index in [4.69, 9.17) is 21.4 Å². The number of carboxylic acid groups (broad SMARTS) is 1. The molecule has 1 N–H and O–H groups in total. The summed E-state index contributed by atoms with van der Waals surface area (Å²) in [5.74, 6) is 0.353. The summed E-state index contributed by atoms with van der Waals surface area (Å²) in [5.41, 5.74) is 0. The lowest BCUT2D eigenvalue weighted by molar-refractivity contribution is -0.138. The van der Waals surface area contributed by atoms with Gasteiger partial charge < -0.3 is 9.84 Å². The molecule has 0 aliphatic rings. The summed E-state index contributed by atoms with van der Waals surface area (Å²) >= 11 is 5.78. The van der Waals surface area contributed by atoms with Gasteiger partial charge in [-0.15, -0.1) is 0 Å². The predicted octanol–water partition coefficient (Wildman–Crippen LogP) is 2.76. The first kappa shape index (κ1) is 15.8. The Balaban J connectivity index is 2.38. The largest absolute Gasteiger partial charge is 0.492 e. The molecule has 1 aromatic rings. The molecular weight excluding hydrogens is 266 g/mol. The fraction of sp³-hybridized carbons (Fsp3) is 0.500. The number of hydrogen-bond acceptors (Lipinski definition) is 3. The Labute approximate surface area is 118 Å². The van der Waals surface area contributed by atoms with E-state index in [1.165, 1.54) is 0 Å². The van der Waals surface area contributed by atoms with Gasteiger partial charge in [-0.05, 0) is 30.2 Å². The summed E-state index contributed by atoms with van der Waals surface area (Å²) < 4.78 is 5.56. The molecule has 1 aromatic carbocycles. The third-order valence-corrected chi connectivity index (χ3v) is 2.72. The van der Waals surface area contributed by atoms with E-state index in [-0.39, 0.29) is 6.54 Å². The van der Waals surface area contributed by atoms with Crippen LogP contribution < -0.4 is 4.74 Å². The van der Waals surface area contributed by atoms with Gasteiger partial charge in [0, 0.05) is 18.1 Å². The van der Waals surface area contributed by atoms with E-state index in [0.29, 0.717) is 24.1 Å². The Bertz CT molecular complexity index is 392. The molecule has 0 heterocycles. The first-order chi connectivity index (χ1) is 8.97. The van der Waals surface area contributed by atoms with Gasteiger partial charge in [0.05, 0.1) is 6.54 Å². The van der Waals surface area contributed by atoms with Crippen LogP contribution in [0.25, 0.3) is 0 Å². The van der Waals surface area contributed by atoms with Crippen LogP contribution in [-0.2, 0) is 4.79 Å². The molecule has 0 saturated heterocycles. The molecule has 1 rings (SSSR count). The number of hydrogen-bond donors (Lipinski definition) is 1. The summed E-state index contributed by atoms with van der Waals surface area (Å²) in [4.78, 5) is 12.6. The predicted molar refractivity (Wildman–Crippen MR) is 75.9 cm³/mol. The first-order valence-corrected chi connectivity index (χ1v) is 6.67. The third-order valence-electron chi connectivity index (χ3n) is 2.47. The minimum absolute atomic E-state index is 0.0438. The van der Waals surface area contributed by atoms with E-state index < -0.39 is 5.97 Å². The van der Waals surface area contributed by atoms with Crippen molar-refractivity contribution < 1.29 is 14.6 Å². The fourth-order valence-corrected chi connectivity index (χ4v) is 1.89. The maximum atomic E-state index is 10.8. The zero-order valence-electron chi connectivity index (χ0n) is 11.3. The Hall–Kier alpha value is -1.26. The highest BCUT2D eigenvalue weighted by Crippen LogP contribution is 2.15.